The summed E-state index contributed by atoms with van der Waals surface area (Å²) in [6, 6.07) is 0.729. The fourth-order valence-corrected chi connectivity index (χ4v) is 2.81. The van der Waals surface area contributed by atoms with E-state index in [9.17, 15) is 0 Å². The van der Waals surface area contributed by atoms with Gasteiger partial charge >= 0.3 is 0 Å². The minimum Gasteiger partial charge on any atom is -0.315 e. The average Bonchev–Trinajstić information content (AvgIpc) is 2.77. The third kappa shape index (κ3) is 4.84. The maximum Gasteiger partial charge on any atom is 0.0215 e. The summed E-state index contributed by atoms with van der Waals surface area (Å²) in [7, 11) is 2.31. The summed E-state index contributed by atoms with van der Waals surface area (Å²) < 4.78 is 0. The topological polar surface area (TPSA) is 15.3 Å². The van der Waals surface area contributed by atoms with Gasteiger partial charge < -0.3 is 10.2 Å². The fourth-order valence-electron chi connectivity index (χ4n) is 2.81. The molecule has 2 nitrogen and oxygen atoms in total. The second-order valence-electron chi connectivity index (χ2n) is 5.36. The van der Waals surface area contributed by atoms with Gasteiger partial charge in [0.25, 0.3) is 0 Å². The molecule has 1 aliphatic rings. The Morgan fingerprint density at radius 3 is 2.50 bits per heavy atom. The quantitative estimate of drug-likeness (QED) is 0.640. The number of nitrogens with zero attached hydrogens (tertiary/aromatic N) is 1. The normalized spacial score (nSPS) is 19.5. The third-order valence-corrected chi connectivity index (χ3v) is 3.92. The Hall–Kier alpha value is -0.0800. The monoisotopic (exact) mass is 226 g/mol. The van der Waals surface area contributed by atoms with Crippen molar-refractivity contribution in [3.05, 3.63) is 0 Å². The number of likely N-dealkylation sites (N-methyl/N-ethyl adjacent to an activating group) is 1. The van der Waals surface area contributed by atoms with Gasteiger partial charge in [-0.25, -0.2) is 0 Å². The molecule has 0 aromatic rings. The maximum absolute atomic E-state index is 3.55. The molecule has 0 amide bonds. The van der Waals surface area contributed by atoms with Crippen molar-refractivity contribution in [3.63, 3.8) is 0 Å². The molecule has 2 heteroatoms. The van der Waals surface area contributed by atoms with Gasteiger partial charge in [0.05, 0.1) is 0 Å². The highest BCUT2D eigenvalue weighted by Gasteiger charge is 2.20. The van der Waals surface area contributed by atoms with Gasteiger partial charge in [-0.15, -0.1) is 0 Å². The fraction of sp³-hybridized carbons (Fsp3) is 1.00. The lowest BCUT2D eigenvalue weighted by Crippen LogP contribution is -2.41. The van der Waals surface area contributed by atoms with Gasteiger partial charge in [-0.3, -0.25) is 0 Å². The van der Waals surface area contributed by atoms with E-state index in [0.29, 0.717) is 0 Å². The van der Waals surface area contributed by atoms with Crippen LogP contribution in [0.15, 0.2) is 0 Å². The summed E-state index contributed by atoms with van der Waals surface area (Å²) in [4.78, 5) is 2.58. The van der Waals surface area contributed by atoms with Crippen molar-refractivity contribution in [3.8, 4) is 0 Å². The highest BCUT2D eigenvalue weighted by Crippen LogP contribution is 2.25. The Bertz CT molecular complexity index is 164. The second kappa shape index (κ2) is 8.08. The van der Waals surface area contributed by atoms with E-state index in [0.717, 1.165) is 25.0 Å². The molecule has 0 aromatic carbocycles. The predicted octanol–water partition coefficient (Wildman–Crippen LogP) is 2.89. The molecule has 16 heavy (non-hydrogen) atoms. The summed E-state index contributed by atoms with van der Waals surface area (Å²) >= 11 is 0. The third-order valence-electron chi connectivity index (χ3n) is 3.92. The highest BCUT2D eigenvalue weighted by molar-refractivity contribution is 4.75. The first kappa shape index (κ1) is 14.0. The van der Waals surface area contributed by atoms with Crippen LogP contribution in [0.4, 0.5) is 0 Å². The molecule has 1 rings (SSSR count). The van der Waals surface area contributed by atoms with Crippen LogP contribution in [0.1, 0.15) is 52.4 Å². The zero-order chi connectivity index (χ0) is 11.8. The van der Waals surface area contributed by atoms with Crippen molar-refractivity contribution < 1.29 is 0 Å². The molecule has 0 bridgehead atoms. The molecule has 1 atom stereocenters. The van der Waals surface area contributed by atoms with E-state index in [1.165, 1.54) is 45.1 Å². The molecule has 1 unspecified atom stereocenters. The average molecular weight is 226 g/mol. The summed E-state index contributed by atoms with van der Waals surface area (Å²) in [6.45, 7) is 8.17. The molecule has 96 valence electrons. The number of rotatable bonds is 8. The molecule has 1 aliphatic carbocycles. The lowest BCUT2D eigenvalue weighted by molar-refractivity contribution is 0.197. The largest absolute Gasteiger partial charge is 0.315 e. The van der Waals surface area contributed by atoms with Gasteiger partial charge in [-0.1, -0.05) is 26.7 Å². The molecule has 1 fully saturated rings. The van der Waals surface area contributed by atoms with Crippen LogP contribution in [0, 0.1) is 5.92 Å². The van der Waals surface area contributed by atoms with Crippen molar-refractivity contribution in [2.24, 2.45) is 5.92 Å². The number of hydrogen-bond donors (Lipinski definition) is 1. The van der Waals surface area contributed by atoms with E-state index in [4.69, 9.17) is 0 Å². The van der Waals surface area contributed by atoms with Crippen molar-refractivity contribution in [1.82, 2.24) is 10.2 Å². The van der Waals surface area contributed by atoms with Gasteiger partial charge in [-0.05, 0) is 45.2 Å². The highest BCUT2D eigenvalue weighted by atomic mass is 15.1. The van der Waals surface area contributed by atoms with E-state index >= 15 is 0 Å². The molecule has 1 N–H and O–H groups in total. The molecule has 0 aromatic heterocycles. The summed E-state index contributed by atoms with van der Waals surface area (Å²) in [5.74, 6) is 0.977. The minimum absolute atomic E-state index is 0.729. The van der Waals surface area contributed by atoms with Crippen molar-refractivity contribution in [2.75, 3.05) is 26.7 Å². The van der Waals surface area contributed by atoms with E-state index < -0.39 is 0 Å². The van der Waals surface area contributed by atoms with Gasteiger partial charge in [0, 0.05) is 19.1 Å². The zero-order valence-electron chi connectivity index (χ0n) is 11.5. The number of hydrogen-bond acceptors (Lipinski definition) is 2. The van der Waals surface area contributed by atoms with Gasteiger partial charge in [0.15, 0.2) is 0 Å². The van der Waals surface area contributed by atoms with Gasteiger partial charge in [0.1, 0.15) is 0 Å². The minimum atomic E-state index is 0.729. The van der Waals surface area contributed by atoms with E-state index in [2.05, 4.69) is 31.1 Å². The molecule has 0 radical (unpaired) electrons. The molecule has 0 saturated heterocycles. The predicted molar refractivity (Wildman–Crippen MR) is 71.8 cm³/mol. The van der Waals surface area contributed by atoms with Crippen LogP contribution in [-0.2, 0) is 0 Å². The molecule has 0 aliphatic heterocycles. The molecular formula is C14H30N2. The van der Waals surface area contributed by atoms with Crippen LogP contribution in [0.5, 0.6) is 0 Å². The first-order valence-electron chi connectivity index (χ1n) is 7.18. The van der Waals surface area contributed by atoms with Crippen LogP contribution in [-0.4, -0.2) is 37.6 Å². The van der Waals surface area contributed by atoms with Gasteiger partial charge in [-0.2, -0.15) is 0 Å². The maximum atomic E-state index is 3.55. The van der Waals surface area contributed by atoms with Crippen molar-refractivity contribution in [2.45, 2.75) is 58.4 Å². The summed E-state index contributed by atoms with van der Waals surface area (Å²) in [5, 5.41) is 3.55. The van der Waals surface area contributed by atoms with E-state index in [1.807, 2.05) is 0 Å². The molecule has 0 heterocycles. The Morgan fingerprint density at radius 1 is 1.25 bits per heavy atom. The molecule has 1 saturated carbocycles. The Morgan fingerprint density at radius 2 is 1.94 bits per heavy atom. The zero-order valence-corrected chi connectivity index (χ0v) is 11.5. The smallest absolute Gasteiger partial charge is 0.0215 e. The van der Waals surface area contributed by atoms with Crippen LogP contribution in [0.2, 0.25) is 0 Å². The van der Waals surface area contributed by atoms with Crippen molar-refractivity contribution >= 4 is 0 Å². The lowest BCUT2D eigenvalue weighted by atomic mass is 10.1. The van der Waals surface area contributed by atoms with E-state index in [-0.39, 0.29) is 0 Å². The standard InChI is InChI=1S/C14H30N2/c1-4-10-15-11-14(5-2)16(3)12-13-8-6-7-9-13/h13-15H,4-12H2,1-3H3. The SMILES string of the molecule is CCCNCC(CC)N(C)CC1CCCC1. The first-order chi connectivity index (χ1) is 7.77. The van der Waals surface area contributed by atoms with Crippen molar-refractivity contribution in [1.29, 1.82) is 0 Å². The summed E-state index contributed by atoms with van der Waals surface area (Å²) in [6.07, 6.45) is 8.35. The number of nitrogens with one attached hydrogen (secondary N) is 1. The molecule has 0 spiro atoms. The Labute approximate surface area is 102 Å². The van der Waals surface area contributed by atoms with Crippen LogP contribution in [0.25, 0.3) is 0 Å². The van der Waals surface area contributed by atoms with Crippen LogP contribution >= 0.6 is 0 Å². The van der Waals surface area contributed by atoms with E-state index in [1.54, 1.807) is 0 Å². The Kier molecular flexibility index (Phi) is 7.06. The van der Waals surface area contributed by atoms with Gasteiger partial charge in [0.2, 0.25) is 0 Å². The molecular weight excluding hydrogens is 196 g/mol. The lowest BCUT2D eigenvalue weighted by Gasteiger charge is -2.29. The first-order valence-corrected chi connectivity index (χ1v) is 7.18. The van der Waals surface area contributed by atoms with Crippen LogP contribution in [0.3, 0.4) is 0 Å². The second-order valence-corrected chi connectivity index (χ2v) is 5.36. The summed E-state index contributed by atoms with van der Waals surface area (Å²) in [5.41, 5.74) is 0. The Balaban J connectivity index is 2.21. The van der Waals surface area contributed by atoms with Crippen LogP contribution < -0.4 is 5.32 Å².